The molecule has 0 bridgehead atoms. The Bertz CT molecular complexity index is 1550. The summed E-state index contributed by atoms with van der Waals surface area (Å²) in [7, 11) is 1.72. The SMILES string of the molecule is C[C@H]1CN(c2ccc(C(=O)Nc3cc(F)c4nn(C)cc4c3)c3nc(O[C@H]4CCC[C@@H]4O)ncc23)C[C@H](C)N1. The quantitative estimate of drug-likeness (QED) is 0.358. The Hall–Kier alpha value is -3.83. The fourth-order valence-electron chi connectivity index (χ4n) is 5.79. The van der Waals surface area contributed by atoms with Gasteiger partial charge in [0.05, 0.1) is 17.2 Å². The lowest BCUT2D eigenvalue weighted by Gasteiger charge is -2.38. The average Bonchev–Trinajstić information content (AvgIpc) is 3.47. The van der Waals surface area contributed by atoms with Crippen LogP contribution in [0.4, 0.5) is 15.8 Å². The number of hydrogen-bond acceptors (Lipinski definition) is 8. The van der Waals surface area contributed by atoms with Crippen LogP contribution in [0.1, 0.15) is 43.5 Å². The average molecular weight is 534 g/mol. The van der Waals surface area contributed by atoms with E-state index in [-0.39, 0.29) is 29.7 Å². The number of aliphatic hydroxyl groups is 1. The first-order chi connectivity index (χ1) is 18.7. The number of nitrogens with zero attached hydrogens (tertiary/aromatic N) is 5. The first kappa shape index (κ1) is 25.4. The molecule has 1 aliphatic carbocycles. The smallest absolute Gasteiger partial charge is 0.317 e. The molecule has 1 amide bonds. The molecule has 1 saturated carbocycles. The molecule has 3 heterocycles. The zero-order valence-corrected chi connectivity index (χ0v) is 22.2. The van der Waals surface area contributed by atoms with Crippen LogP contribution in [0.5, 0.6) is 6.01 Å². The van der Waals surface area contributed by atoms with Crippen LogP contribution < -0.4 is 20.3 Å². The number of carbonyl (C=O) groups excluding carboxylic acids is 1. The van der Waals surface area contributed by atoms with Crippen LogP contribution in [0.2, 0.25) is 0 Å². The third-order valence-electron chi connectivity index (χ3n) is 7.46. The molecule has 6 rings (SSSR count). The largest absolute Gasteiger partial charge is 0.457 e. The number of halogens is 1. The maximum Gasteiger partial charge on any atom is 0.317 e. The van der Waals surface area contributed by atoms with Crippen molar-refractivity contribution in [1.29, 1.82) is 0 Å². The highest BCUT2D eigenvalue weighted by molar-refractivity contribution is 6.14. The van der Waals surface area contributed by atoms with Crippen molar-refractivity contribution in [3.63, 3.8) is 0 Å². The lowest BCUT2D eigenvalue weighted by molar-refractivity contribution is 0.0544. The minimum absolute atomic E-state index is 0.115. The Balaban J connectivity index is 1.39. The Morgan fingerprint density at radius 3 is 2.72 bits per heavy atom. The lowest BCUT2D eigenvalue weighted by atomic mass is 10.0. The molecule has 2 aromatic heterocycles. The molecule has 204 valence electrons. The molecule has 2 fully saturated rings. The molecule has 4 aromatic rings. The van der Waals surface area contributed by atoms with E-state index in [1.165, 1.54) is 10.7 Å². The van der Waals surface area contributed by atoms with Gasteiger partial charge in [-0.05, 0) is 57.4 Å². The predicted octanol–water partition coefficient (Wildman–Crippen LogP) is 3.39. The van der Waals surface area contributed by atoms with Crippen LogP contribution in [-0.2, 0) is 7.05 Å². The Labute approximate surface area is 225 Å². The predicted molar refractivity (Wildman–Crippen MR) is 147 cm³/mol. The second kappa shape index (κ2) is 10.0. The van der Waals surface area contributed by atoms with Gasteiger partial charge in [-0.15, -0.1) is 0 Å². The molecule has 10 nitrogen and oxygen atoms in total. The van der Waals surface area contributed by atoms with Crippen molar-refractivity contribution in [2.24, 2.45) is 7.05 Å². The van der Waals surface area contributed by atoms with Gasteiger partial charge >= 0.3 is 6.01 Å². The van der Waals surface area contributed by atoms with Crippen LogP contribution in [0.3, 0.4) is 0 Å². The third kappa shape index (κ3) is 4.99. The number of ether oxygens (including phenoxy) is 1. The van der Waals surface area contributed by atoms with E-state index in [1.807, 2.05) is 6.07 Å². The molecular formula is C28H32FN7O3. The molecule has 1 saturated heterocycles. The minimum atomic E-state index is -0.570. The molecule has 0 spiro atoms. The van der Waals surface area contributed by atoms with Crippen LogP contribution >= 0.6 is 0 Å². The molecule has 0 radical (unpaired) electrons. The van der Waals surface area contributed by atoms with Crippen molar-refractivity contribution in [2.75, 3.05) is 23.3 Å². The van der Waals surface area contributed by atoms with Crippen molar-refractivity contribution in [3.05, 3.63) is 48.0 Å². The topological polar surface area (TPSA) is 117 Å². The highest BCUT2D eigenvalue weighted by atomic mass is 19.1. The zero-order valence-electron chi connectivity index (χ0n) is 22.2. The number of fused-ring (bicyclic) bond motifs is 2. The minimum Gasteiger partial charge on any atom is -0.457 e. The molecule has 0 unspecified atom stereocenters. The van der Waals surface area contributed by atoms with E-state index < -0.39 is 17.8 Å². The summed E-state index contributed by atoms with van der Waals surface area (Å²) in [5.41, 5.74) is 2.24. The van der Waals surface area contributed by atoms with Gasteiger partial charge in [-0.2, -0.15) is 10.1 Å². The lowest BCUT2D eigenvalue weighted by Crippen LogP contribution is -2.54. The maximum absolute atomic E-state index is 14.7. The Morgan fingerprint density at radius 1 is 1.18 bits per heavy atom. The monoisotopic (exact) mass is 533 g/mol. The number of nitrogens with one attached hydrogen (secondary N) is 2. The number of hydrogen-bond donors (Lipinski definition) is 3. The summed E-state index contributed by atoms with van der Waals surface area (Å²) < 4.78 is 22.1. The number of carbonyl (C=O) groups is 1. The molecule has 1 aliphatic heterocycles. The van der Waals surface area contributed by atoms with Gasteiger partial charge in [-0.25, -0.2) is 9.37 Å². The number of anilines is 2. The molecule has 2 aromatic carbocycles. The van der Waals surface area contributed by atoms with Crippen molar-refractivity contribution < 1.29 is 19.0 Å². The first-order valence-electron chi connectivity index (χ1n) is 13.3. The van der Waals surface area contributed by atoms with Gasteiger partial charge < -0.3 is 25.4 Å². The number of rotatable bonds is 5. The van der Waals surface area contributed by atoms with Gasteiger partial charge in [0.15, 0.2) is 5.82 Å². The van der Waals surface area contributed by atoms with E-state index in [9.17, 15) is 14.3 Å². The number of benzene rings is 2. The second-order valence-corrected chi connectivity index (χ2v) is 10.7. The van der Waals surface area contributed by atoms with Gasteiger partial charge in [0.2, 0.25) is 0 Å². The summed E-state index contributed by atoms with van der Waals surface area (Å²) in [5, 5.41) is 22.0. The Morgan fingerprint density at radius 2 is 1.97 bits per heavy atom. The van der Waals surface area contributed by atoms with Crippen molar-refractivity contribution >= 4 is 39.1 Å². The number of piperazine rings is 1. The number of amides is 1. The van der Waals surface area contributed by atoms with Gasteiger partial charge in [-0.3, -0.25) is 9.48 Å². The fourth-order valence-corrected chi connectivity index (χ4v) is 5.79. The van der Waals surface area contributed by atoms with Crippen LogP contribution in [0, 0.1) is 5.82 Å². The summed E-state index contributed by atoms with van der Waals surface area (Å²) >= 11 is 0. The number of aryl methyl sites for hydroxylation is 1. The van der Waals surface area contributed by atoms with Crippen LogP contribution in [-0.4, -0.2) is 68.1 Å². The highest BCUT2D eigenvalue weighted by Crippen LogP contribution is 2.32. The number of aromatic nitrogens is 4. The normalized spacial score (nSPS) is 23.5. The standard InChI is InChI=1S/C28H32FN7O3/c1-15-12-36(13-16(2)31-15)22-8-7-19(26-20(22)11-30-28(33-26)39-24-6-4-5-23(24)37)27(38)32-18-9-17-14-35(3)34-25(17)21(29)10-18/h7-11,14-16,23-24,31,37H,4-6,12-13H2,1-3H3,(H,32,38)/t15-,16-,23-,24-/m0/s1. The summed E-state index contributed by atoms with van der Waals surface area (Å²) in [6.07, 6.45) is 4.69. The van der Waals surface area contributed by atoms with E-state index in [1.54, 1.807) is 31.6 Å². The summed E-state index contributed by atoms with van der Waals surface area (Å²) in [4.78, 5) is 24.9. The van der Waals surface area contributed by atoms with Crippen molar-refractivity contribution in [3.8, 4) is 6.01 Å². The molecule has 4 atom stereocenters. The molecule has 3 N–H and O–H groups in total. The van der Waals surface area contributed by atoms with Gasteiger partial charge in [0, 0.05) is 66.8 Å². The maximum atomic E-state index is 14.7. The summed E-state index contributed by atoms with van der Waals surface area (Å²) in [6.45, 7) is 5.87. The molecule has 2 aliphatic rings. The van der Waals surface area contributed by atoms with Gasteiger partial charge in [0.1, 0.15) is 11.6 Å². The van der Waals surface area contributed by atoms with E-state index in [4.69, 9.17) is 4.74 Å². The zero-order chi connectivity index (χ0) is 27.3. The molecule has 39 heavy (non-hydrogen) atoms. The van der Waals surface area contributed by atoms with E-state index in [2.05, 4.69) is 44.4 Å². The summed E-state index contributed by atoms with van der Waals surface area (Å²) in [6, 6.07) is 7.30. The summed E-state index contributed by atoms with van der Waals surface area (Å²) in [5.74, 6) is -0.944. The van der Waals surface area contributed by atoms with Crippen LogP contribution in [0.15, 0.2) is 36.7 Å². The highest BCUT2D eigenvalue weighted by Gasteiger charge is 2.29. The Kier molecular flexibility index (Phi) is 6.56. The van der Waals surface area contributed by atoms with Crippen molar-refractivity contribution in [1.82, 2.24) is 25.1 Å². The molecular weight excluding hydrogens is 501 g/mol. The number of aliphatic hydroxyl groups excluding tert-OH is 1. The van der Waals surface area contributed by atoms with Crippen LogP contribution in [0.25, 0.3) is 21.8 Å². The van der Waals surface area contributed by atoms with E-state index in [0.29, 0.717) is 28.6 Å². The van der Waals surface area contributed by atoms with Gasteiger partial charge in [-0.1, -0.05) is 0 Å². The third-order valence-corrected chi connectivity index (χ3v) is 7.46. The second-order valence-electron chi connectivity index (χ2n) is 10.7. The van der Waals surface area contributed by atoms with E-state index in [0.717, 1.165) is 37.0 Å². The van der Waals surface area contributed by atoms with E-state index >= 15 is 0 Å². The molecule has 11 heteroatoms. The first-order valence-corrected chi connectivity index (χ1v) is 13.3. The van der Waals surface area contributed by atoms with Gasteiger partial charge in [0.25, 0.3) is 5.91 Å². The fraction of sp³-hybridized carbons (Fsp3) is 0.429. The van der Waals surface area contributed by atoms with Crippen molar-refractivity contribution in [2.45, 2.75) is 57.4 Å².